The predicted octanol–water partition coefficient (Wildman–Crippen LogP) is 2.10. The van der Waals surface area contributed by atoms with Gasteiger partial charge in [-0.15, -0.1) is 25.6 Å². The van der Waals surface area contributed by atoms with E-state index in [1.54, 1.807) is 32.0 Å². The highest BCUT2D eigenvalue weighted by Gasteiger charge is 2.32. The lowest BCUT2D eigenvalue weighted by Gasteiger charge is -2.13. The number of thiol groups is 1. The van der Waals surface area contributed by atoms with Crippen LogP contribution >= 0.6 is 12.4 Å². The lowest BCUT2D eigenvalue weighted by Crippen LogP contribution is -2.18. The third kappa shape index (κ3) is 9.08. The number of para-hydroxylation sites is 1. The van der Waals surface area contributed by atoms with E-state index >= 15 is 0 Å². The normalized spacial score (nSPS) is 10.2. The number of halogens is 4. The molecule has 4 nitrogen and oxygen atoms in total. The fourth-order valence-corrected chi connectivity index (χ4v) is 1.08. The summed E-state index contributed by atoms with van der Waals surface area (Å²) in [4.78, 5) is 0. The van der Waals surface area contributed by atoms with Crippen LogP contribution in [-0.2, 0) is 10.9 Å². The molecule has 1 aromatic carbocycles. The highest BCUT2D eigenvalue weighted by atomic mass is 35.5. The summed E-state index contributed by atoms with van der Waals surface area (Å²) in [7, 11) is -2.62. The summed E-state index contributed by atoms with van der Waals surface area (Å²) in [5.41, 5.74) is 0.967. The number of ether oxygens (including phenoxy) is 1. The van der Waals surface area contributed by atoms with E-state index in [1.165, 1.54) is 0 Å². The molecule has 0 bridgehead atoms. The first-order chi connectivity index (χ1) is 7.63. The molecule has 0 aliphatic heterocycles. The van der Waals surface area contributed by atoms with Crippen molar-refractivity contribution >= 4 is 23.3 Å². The zero-order valence-electron chi connectivity index (χ0n) is 9.52. The molecule has 0 fully saturated rings. The average molecular weight is 308 g/mol. The van der Waals surface area contributed by atoms with Crippen LogP contribution in [0.2, 0.25) is 0 Å². The Hall–Kier alpha value is -0.990. The van der Waals surface area contributed by atoms with Crippen molar-refractivity contribution in [1.29, 1.82) is 0 Å². The Labute approximate surface area is 110 Å². The van der Waals surface area contributed by atoms with Crippen molar-refractivity contribution in [1.82, 2.24) is 0 Å². The minimum Gasteiger partial charge on any atom is -0.405 e. The molecule has 0 saturated heterocycles. The summed E-state index contributed by atoms with van der Waals surface area (Å²) in [5, 5.41) is 4.06. The first kappa shape index (κ1) is 19.4. The molecule has 0 amide bonds. The van der Waals surface area contributed by atoms with Crippen LogP contribution in [0.5, 0.6) is 5.75 Å². The Balaban J connectivity index is 0. The highest BCUT2D eigenvalue weighted by molar-refractivity contribution is 7.69. The topological polar surface area (TPSA) is 69.4 Å². The molecule has 0 aromatic heterocycles. The van der Waals surface area contributed by atoms with Crippen LogP contribution in [0.3, 0.4) is 0 Å². The fraction of sp³-hybridized carbons (Fsp3) is 0.333. The van der Waals surface area contributed by atoms with Gasteiger partial charge in [-0.05, 0) is 25.0 Å². The van der Waals surface area contributed by atoms with Crippen molar-refractivity contribution < 1.29 is 26.3 Å². The van der Waals surface area contributed by atoms with Crippen LogP contribution in [-0.4, -0.2) is 14.8 Å². The van der Waals surface area contributed by atoms with Gasteiger partial charge in [-0.2, -0.15) is 0 Å². The van der Waals surface area contributed by atoms with Crippen LogP contribution in [0.15, 0.2) is 18.2 Å². The first-order valence-electron chi connectivity index (χ1n) is 4.34. The van der Waals surface area contributed by atoms with Crippen molar-refractivity contribution in [3.05, 3.63) is 29.3 Å². The Bertz CT molecular complexity index is 421. The van der Waals surface area contributed by atoms with Gasteiger partial charge in [0.1, 0.15) is 5.75 Å². The van der Waals surface area contributed by atoms with E-state index in [0.717, 1.165) is 0 Å². The molecular weight excluding hydrogens is 295 g/mol. The Morgan fingerprint density at radius 3 is 1.78 bits per heavy atom. The molecule has 18 heavy (non-hydrogen) atoms. The fourth-order valence-electron chi connectivity index (χ4n) is 1.08. The summed E-state index contributed by atoms with van der Waals surface area (Å²) in [6.07, 6.45) is -4.61. The van der Waals surface area contributed by atoms with Gasteiger partial charge in [0.15, 0.2) is 10.9 Å². The van der Waals surface area contributed by atoms with Crippen LogP contribution in [0.4, 0.5) is 13.2 Å². The molecule has 1 aromatic rings. The predicted molar refractivity (Wildman–Crippen MR) is 64.3 cm³/mol. The molecule has 0 saturated carbocycles. The van der Waals surface area contributed by atoms with Gasteiger partial charge in [0.2, 0.25) is 0 Å². The highest BCUT2D eigenvalue weighted by Crippen LogP contribution is 2.28. The number of rotatable bonds is 1. The summed E-state index contributed by atoms with van der Waals surface area (Å²) >= 11 is 0. The van der Waals surface area contributed by atoms with Gasteiger partial charge in [0.25, 0.3) is 0 Å². The lowest BCUT2D eigenvalue weighted by atomic mass is 10.1. The molecule has 106 valence electrons. The molecule has 0 atom stereocenters. The third-order valence-electron chi connectivity index (χ3n) is 1.63. The number of nitrogens with two attached hydrogens (primary N) is 1. The SMILES string of the molecule is Cc1cccc(C)c1OC(F)(F)F.Cl.N[SH](=O)=O. The molecule has 0 unspecified atom stereocenters. The molecule has 0 aliphatic rings. The van der Waals surface area contributed by atoms with Gasteiger partial charge in [-0.25, -0.2) is 13.6 Å². The van der Waals surface area contributed by atoms with Crippen molar-refractivity contribution in [3.8, 4) is 5.75 Å². The summed E-state index contributed by atoms with van der Waals surface area (Å²) in [6.45, 7) is 3.15. The zero-order chi connectivity index (χ0) is 13.6. The second-order valence-electron chi connectivity index (χ2n) is 3.05. The second-order valence-corrected chi connectivity index (χ2v) is 3.62. The smallest absolute Gasteiger partial charge is 0.405 e. The molecule has 0 aliphatic carbocycles. The largest absolute Gasteiger partial charge is 0.573 e. The van der Waals surface area contributed by atoms with E-state index in [-0.39, 0.29) is 18.2 Å². The quantitative estimate of drug-likeness (QED) is 0.781. The van der Waals surface area contributed by atoms with Gasteiger partial charge in [0.05, 0.1) is 0 Å². The number of hydrogen-bond donors (Lipinski definition) is 2. The monoisotopic (exact) mass is 307 g/mol. The zero-order valence-corrected chi connectivity index (χ0v) is 11.2. The van der Waals surface area contributed by atoms with Crippen LogP contribution in [0, 0.1) is 13.8 Å². The summed E-state index contributed by atoms with van der Waals surface area (Å²) in [5.74, 6) is -0.102. The van der Waals surface area contributed by atoms with Crippen molar-refractivity contribution in [3.63, 3.8) is 0 Å². The number of aryl methyl sites for hydroxylation is 2. The summed E-state index contributed by atoms with van der Waals surface area (Å²) < 4.78 is 57.1. The van der Waals surface area contributed by atoms with E-state index in [1.807, 2.05) is 0 Å². The van der Waals surface area contributed by atoms with E-state index in [4.69, 9.17) is 8.42 Å². The van der Waals surface area contributed by atoms with Gasteiger partial charge in [-0.1, -0.05) is 18.2 Å². The van der Waals surface area contributed by atoms with Gasteiger partial charge >= 0.3 is 6.36 Å². The van der Waals surface area contributed by atoms with Crippen LogP contribution < -0.4 is 9.88 Å². The molecule has 0 heterocycles. The maximum absolute atomic E-state index is 11.9. The summed E-state index contributed by atoms with van der Waals surface area (Å²) in [6, 6.07) is 4.84. The maximum Gasteiger partial charge on any atom is 0.573 e. The second kappa shape index (κ2) is 8.17. The molecular formula is C9H13ClF3NO3S. The number of hydrogen-bond acceptors (Lipinski definition) is 3. The van der Waals surface area contributed by atoms with Crippen molar-refractivity contribution in [2.45, 2.75) is 20.2 Å². The number of alkyl halides is 3. The third-order valence-corrected chi connectivity index (χ3v) is 1.63. The molecule has 0 radical (unpaired) electrons. The van der Waals surface area contributed by atoms with Crippen molar-refractivity contribution in [2.24, 2.45) is 5.14 Å². The van der Waals surface area contributed by atoms with Gasteiger partial charge in [-0.3, -0.25) is 0 Å². The standard InChI is InChI=1S/C9H9F3O.ClH.H3NO2S/c1-6-4-3-5-7(2)8(6)13-9(10,11)12;;1-4(2)3/h3-5H,1-2H3;1H;4H,(H2,1,2,3). The van der Waals surface area contributed by atoms with Crippen molar-refractivity contribution in [2.75, 3.05) is 0 Å². The Morgan fingerprint density at radius 1 is 1.17 bits per heavy atom. The Kier molecular flexibility index (Phi) is 8.79. The Morgan fingerprint density at radius 2 is 1.50 bits per heavy atom. The lowest BCUT2D eigenvalue weighted by molar-refractivity contribution is -0.275. The van der Waals surface area contributed by atoms with Crippen LogP contribution in [0.25, 0.3) is 0 Å². The van der Waals surface area contributed by atoms with Gasteiger partial charge in [0, 0.05) is 0 Å². The van der Waals surface area contributed by atoms with Gasteiger partial charge < -0.3 is 4.74 Å². The minimum atomic E-state index is -4.61. The van der Waals surface area contributed by atoms with E-state index in [2.05, 4.69) is 9.88 Å². The maximum atomic E-state index is 11.9. The van der Waals surface area contributed by atoms with E-state index in [9.17, 15) is 13.2 Å². The van der Waals surface area contributed by atoms with E-state index in [0.29, 0.717) is 11.1 Å². The van der Waals surface area contributed by atoms with E-state index < -0.39 is 17.3 Å². The minimum absolute atomic E-state index is 0. The average Bonchev–Trinajstić information content (AvgIpc) is 2.09. The first-order valence-corrected chi connectivity index (χ1v) is 5.59. The van der Waals surface area contributed by atoms with Crippen LogP contribution in [0.1, 0.15) is 11.1 Å². The number of benzene rings is 1. The molecule has 9 heteroatoms. The molecule has 0 spiro atoms. The molecule has 1 rings (SSSR count). The molecule has 2 N–H and O–H groups in total.